The van der Waals surface area contributed by atoms with E-state index in [4.69, 9.17) is 4.74 Å². The van der Waals surface area contributed by atoms with Gasteiger partial charge in [0, 0.05) is 18.5 Å². The number of ether oxygens (including phenoxy) is 1. The van der Waals surface area contributed by atoms with Crippen molar-refractivity contribution < 1.29 is 14.3 Å². The van der Waals surface area contributed by atoms with Crippen molar-refractivity contribution >= 4 is 22.6 Å². The van der Waals surface area contributed by atoms with Crippen LogP contribution in [0, 0.1) is 5.92 Å². The molecule has 1 amide bonds. The van der Waals surface area contributed by atoms with Gasteiger partial charge in [0.25, 0.3) is 11.5 Å². The highest BCUT2D eigenvalue weighted by atomic mass is 16.5. The van der Waals surface area contributed by atoms with E-state index in [2.05, 4.69) is 5.10 Å². The topological polar surface area (TPSA) is 81.5 Å². The molecule has 1 unspecified atom stereocenters. The number of rotatable bonds is 4. The van der Waals surface area contributed by atoms with Crippen LogP contribution in [0.5, 0.6) is 0 Å². The quantitative estimate of drug-likeness (QED) is 0.624. The maximum atomic E-state index is 13.4. The first-order valence-corrected chi connectivity index (χ1v) is 10.1. The molecule has 1 atom stereocenters. The molecule has 0 spiro atoms. The molecule has 2 heterocycles. The number of hydrogen-bond acceptors (Lipinski definition) is 5. The first-order valence-electron chi connectivity index (χ1n) is 10.1. The maximum absolute atomic E-state index is 13.4. The molecule has 1 fully saturated rings. The van der Waals surface area contributed by atoms with Crippen molar-refractivity contribution in [1.29, 1.82) is 0 Å². The Morgan fingerprint density at radius 3 is 2.50 bits per heavy atom. The summed E-state index contributed by atoms with van der Waals surface area (Å²) in [6.45, 7) is 2.91. The Morgan fingerprint density at radius 1 is 1.07 bits per heavy atom. The third-order valence-corrected chi connectivity index (χ3v) is 5.34. The average Bonchev–Trinajstić information content (AvgIpc) is 2.80. The number of likely N-dealkylation sites (tertiary alicyclic amines) is 1. The van der Waals surface area contributed by atoms with Crippen molar-refractivity contribution in [3.63, 3.8) is 0 Å². The van der Waals surface area contributed by atoms with Gasteiger partial charge >= 0.3 is 5.97 Å². The third kappa shape index (κ3) is 3.70. The SMILES string of the molecule is CCOC(=O)C1CCCN(C(=O)c2nn(-c3ccccc3)c(=O)c3ccccc23)C1. The lowest BCUT2D eigenvalue weighted by Gasteiger charge is -2.31. The summed E-state index contributed by atoms with van der Waals surface area (Å²) in [6, 6.07) is 16.0. The van der Waals surface area contributed by atoms with E-state index in [1.807, 2.05) is 18.2 Å². The number of carbonyl (C=O) groups excluding carboxylic acids is 2. The van der Waals surface area contributed by atoms with Gasteiger partial charge in [0.2, 0.25) is 0 Å². The molecule has 3 aromatic rings. The van der Waals surface area contributed by atoms with Crippen molar-refractivity contribution in [2.45, 2.75) is 19.8 Å². The second kappa shape index (κ2) is 8.49. The number of carbonyl (C=O) groups is 2. The van der Waals surface area contributed by atoms with E-state index >= 15 is 0 Å². The summed E-state index contributed by atoms with van der Waals surface area (Å²) in [5.74, 6) is -0.902. The van der Waals surface area contributed by atoms with Crippen molar-refractivity contribution in [3.05, 3.63) is 70.6 Å². The molecule has 1 saturated heterocycles. The van der Waals surface area contributed by atoms with Crippen molar-refractivity contribution in [1.82, 2.24) is 14.7 Å². The molecule has 4 rings (SSSR count). The molecule has 0 bridgehead atoms. The molecule has 7 nitrogen and oxygen atoms in total. The van der Waals surface area contributed by atoms with Crippen LogP contribution in [0.1, 0.15) is 30.3 Å². The molecule has 1 aromatic heterocycles. The number of benzene rings is 2. The van der Waals surface area contributed by atoms with E-state index in [0.29, 0.717) is 42.5 Å². The predicted molar refractivity (Wildman–Crippen MR) is 113 cm³/mol. The number of hydrogen-bond donors (Lipinski definition) is 0. The lowest BCUT2D eigenvalue weighted by atomic mass is 9.97. The molecule has 7 heteroatoms. The largest absolute Gasteiger partial charge is 0.466 e. The number of nitrogens with zero attached hydrogens (tertiary/aromatic N) is 3. The zero-order valence-electron chi connectivity index (χ0n) is 16.8. The molecule has 2 aromatic carbocycles. The summed E-state index contributed by atoms with van der Waals surface area (Å²) >= 11 is 0. The van der Waals surface area contributed by atoms with E-state index in [1.54, 1.807) is 48.2 Å². The standard InChI is InChI=1S/C23H23N3O4/c1-2-30-23(29)16-9-8-14-25(15-16)22(28)20-18-12-6-7-13-19(18)21(27)26(24-20)17-10-4-3-5-11-17/h3-7,10-13,16H,2,8-9,14-15H2,1H3. The third-order valence-electron chi connectivity index (χ3n) is 5.34. The van der Waals surface area contributed by atoms with Crippen LogP contribution in [-0.2, 0) is 9.53 Å². The molecule has 1 aliphatic heterocycles. The van der Waals surface area contributed by atoms with Gasteiger partial charge in [-0.3, -0.25) is 14.4 Å². The fraction of sp³-hybridized carbons (Fsp3) is 0.304. The fourth-order valence-electron chi connectivity index (χ4n) is 3.86. The summed E-state index contributed by atoms with van der Waals surface area (Å²) in [5, 5.41) is 5.39. The number of para-hydroxylation sites is 1. The molecule has 0 N–H and O–H groups in total. The summed E-state index contributed by atoms with van der Waals surface area (Å²) in [4.78, 5) is 40.3. The van der Waals surface area contributed by atoms with Gasteiger partial charge < -0.3 is 9.64 Å². The zero-order valence-corrected chi connectivity index (χ0v) is 16.8. The van der Waals surface area contributed by atoms with E-state index in [-0.39, 0.29) is 35.6 Å². The first-order chi connectivity index (χ1) is 14.6. The molecular formula is C23H23N3O4. The average molecular weight is 405 g/mol. The molecule has 0 saturated carbocycles. The highest BCUT2D eigenvalue weighted by molar-refractivity contribution is 6.05. The molecular weight excluding hydrogens is 382 g/mol. The van der Waals surface area contributed by atoms with Crippen LogP contribution in [0.2, 0.25) is 0 Å². The summed E-state index contributed by atoms with van der Waals surface area (Å²) < 4.78 is 6.41. The normalized spacial score (nSPS) is 16.4. The van der Waals surface area contributed by atoms with Gasteiger partial charge in [0.1, 0.15) is 0 Å². The minimum atomic E-state index is -0.339. The highest BCUT2D eigenvalue weighted by Crippen LogP contribution is 2.22. The Balaban J connectivity index is 1.76. The highest BCUT2D eigenvalue weighted by Gasteiger charge is 2.31. The second-order valence-electron chi connectivity index (χ2n) is 7.29. The van der Waals surface area contributed by atoms with Crippen LogP contribution in [0.25, 0.3) is 16.5 Å². The number of piperidine rings is 1. The molecule has 0 aliphatic carbocycles. The van der Waals surface area contributed by atoms with Gasteiger partial charge in [-0.1, -0.05) is 36.4 Å². The van der Waals surface area contributed by atoms with Gasteiger partial charge in [-0.15, -0.1) is 0 Å². The summed E-state index contributed by atoms with van der Waals surface area (Å²) in [7, 11) is 0. The molecule has 154 valence electrons. The number of esters is 1. The van der Waals surface area contributed by atoms with Crippen LogP contribution in [-0.4, -0.2) is 46.3 Å². The van der Waals surface area contributed by atoms with E-state index < -0.39 is 0 Å². The summed E-state index contributed by atoms with van der Waals surface area (Å²) in [5.41, 5.74) is 0.514. The monoisotopic (exact) mass is 405 g/mol. The molecule has 1 aliphatic rings. The molecule has 0 radical (unpaired) electrons. The van der Waals surface area contributed by atoms with E-state index in [0.717, 1.165) is 0 Å². The number of fused-ring (bicyclic) bond motifs is 1. The number of aromatic nitrogens is 2. The summed E-state index contributed by atoms with van der Waals surface area (Å²) in [6.07, 6.45) is 1.41. The lowest BCUT2D eigenvalue weighted by molar-refractivity contribution is -0.149. The van der Waals surface area contributed by atoms with Gasteiger partial charge in [-0.05, 0) is 38.0 Å². The van der Waals surface area contributed by atoms with Crippen LogP contribution >= 0.6 is 0 Å². The Morgan fingerprint density at radius 2 is 1.77 bits per heavy atom. The molecule has 30 heavy (non-hydrogen) atoms. The predicted octanol–water partition coefficient (Wildman–Crippen LogP) is 2.80. The maximum Gasteiger partial charge on any atom is 0.310 e. The van der Waals surface area contributed by atoms with Crippen LogP contribution in [0.4, 0.5) is 0 Å². The van der Waals surface area contributed by atoms with Gasteiger partial charge in [0.05, 0.1) is 23.6 Å². The minimum Gasteiger partial charge on any atom is -0.466 e. The van der Waals surface area contributed by atoms with Crippen LogP contribution < -0.4 is 5.56 Å². The van der Waals surface area contributed by atoms with Gasteiger partial charge in [-0.25, -0.2) is 0 Å². The fourth-order valence-corrected chi connectivity index (χ4v) is 3.86. The van der Waals surface area contributed by atoms with Crippen LogP contribution in [0.15, 0.2) is 59.4 Å². The van der Waals surface area contributed by atoms with Crippen molar-refractivity contribution in [2.75, 3.05) is 19.7 Å². The van der Waals surface area contributed by atoms with Gasteiger partial charge in [-0.2, -0.15) is 9.78 Å². The Bertz CT molecular complexity index is 1140. The van der Waals surface area contributed by atoms with Crippen molar-refractivity contribution in [3.8, 4) is 5.69 Å². The van der Waals surface area contributed by atoms with E-state index in [9.17, 15) is 14.4 Å². The first kappa shape index (κ1) is 19.8. The van der Waals surface area contributed by atoms with Crippen LogP contribution in [0.3, 0.4) is 0 Å². The Labute approximate surface area is 173 Å². The van der Waals surface area contributed by atoms with Gasteiger partial charge in [0.15, 0.2) is 5.69 Å². The Kier molecular flexibility index (Phi) is 5.61. The Hall–Kier alpha value is -3.48. The zero-order chi connectivity index (χ0) is 21.1. The van der Waals surface area contributed by atoms with Crippen molar-refractivity contribution in [2.24, 2.45) is 5.92 Å². The second-order valence-corrected chi connectivity index (χ2v) is 7.29. The van der Waals surface area contributed by atoms with E-state index in [1.165, 1.54) is 4.68 Å². The minimum absolute atomic E-state index is 0.207. The number of amides is 1. The lowest BCUT2D eigenvalue weighted by Crippen LogP contribution is -2.43. The smallest absolute Gasteiger partial charge is 0.310 e.